The highest BCUT2D eigenvalue weighted by Crippen LogP contribution is 2.21. The number of nitrogens with zero attached hydrogens (tertiary/aromatic N) is 3. The van der Waals surface area contributed by atoms with Gasteiger partial charge in [-0.05, 0) is 49.7 Å². The van der Waals surface area contributed by atoms with Crippen molar-refractivity contribution >= 4 is 28.3 Å². The molecule has 5 nitrogen and oxygen atoms in total. The van der Waals surface area contributed by atoms with Crippen LogP contribution in [0.5, 0.6) is 0 Å². The summed E-state index contributed by atoms with van der Waals surface area (Å²) in [5, 5.41) is 0.800. The van der Waals surface area contributed by atoms with Crippen LogP contribution in [0.25, 0.3) is 11.0 Å². The van der Waals surface area contributed by atoms with E-state index in [1.807, 2.05) is 47.0 Å². The molecule has 6 heteroatoms. The number of piperazine rings is 1. The molecule has 0 amide bonds. The SMILES string of the molecule is O=c1[nH]c2ccccc2n1CCCCCN1CCN(c2cccc(Cl)c2)CC1. The Hall–Kier alpha value is -2.24. The first-order valence-electron chi connectivity index (χ1n) is 10.1. The molecule has 0 atom stereocenters. The van der Waals surface area contributed by atoms with Gasteiger partial charge >= 0.3 is 5.69 Å². The summed E-state index contributed by atoms with van der Waals surface area (Å²) >= 11 is 6.11. The first kappa shape index (κ1) is 19.1. The number of imidazole rings is 1. The average Bonchev–Trinajstić information content (AvgIpc) is 3.03. The first-order chi connectivity index (χ1) is 13.7. The van der Waals surface area contributed by atoms with Crippen LogP contribution in [0, 0.1) is 0 Å². The fraction of sp³-hybridized carbons (Fsp3) is 0.409. The Morgan fingerprint density at radius 3 is 2.50 bits per heavy atom. The summed E-state index contributed by atoms with van der Waals surface area (Å²) < 4.78 is 1.86. The molecule has 1 aromatic heterocycles. The van der Waals surface area contributed by atoms with E-state index in [4.69, 9.17) is 11.6 Å². The number of aryl methyl sites for hydroxylation is 1. The lowest BCUT2D eigenvalue weighted by Gasteiger charge is -2.36. The van der Waals surface area contributed by atoms with Crippen LogP contribution >= 0.6 is 11.6 Å². The van der Waals surface area contributed by atoms with E-state index >= 15 is 0 Å². The molecule has 0 bridgehead atoms. The summed E-state index contributed by atoms with van der Waals surface area (Å²) in [5.74, 6) is 0. The van der Waals surface area contributed by atoms with Crippen LogP contribution < -0.4 is 10.6 Å². The van der Waals surface area contributed by atoms with Crippen molar-refractivity contribution in [2.45, 2.75) is 25.8 Å². The maximum Gasteiger partial charge on any atom is 0.326 e. The second-order valence-electron chi connectivity index (χ2n) is 7.47. The van der Waals surface area contributed by atoms with E-state index in [-0.39, 0.29) is 5.69 Å². The summed E-state index contributed by atoms with van der Waals surface area (Å²) in [6.07, 6.45) is 3.35. The zero-order valence-electron chi connectivity index (χ0n) is 16.1. The molecular formula is C22H27ClN4O. The van der Waals surface area contributed by atoms with Crippen LogP contribution in [0.1, 0.15) is 19.3 Å². The van der Waals surface area contributed by atoms with E-state index in [0.717, 1.165) is 68.2 Å². The van der Waals surface area contributed by atoms with Crippen molar-refractivity contribution in [1.82, 2.24) is 14.5 Å². The lowest BCUT2D eigenvalue weighted by atomic mass is 10.2. The van der Waals surface area contributed by atoms with Gasteiger partial charge in [-0.1, -0.05) is 36.2 Å². The number of hydrogen-bond acceptors (Lipinski definition) is 3. The van der Waals surface area contributed by atoms with Crippen molar-refractivity contribution < 1.29 is 0 Å². The van der Waals surface area contributed by atoms with Crippen molar-refractivity contribution in [3.63, 3.8) is 0 Å². The number of unbranched alkanes of at least 4 members (excludes halogenated alkanes) is 2. The largest absolute Gasteiger partial charge is 0.369 e. The summed E-state index contributed by atoms with van der Waals surface area (Å²) in [4.78, 5) is 20.0. The van der Waals surface area contributed by atoms with Crippen LogP contribution in [0.15, 0.2) is 53.3 Å². The highest BCUT2D eigenvalue weighted by atomic mass is 35.5. The third-order valence-electron chi connectivity index (χ3n) is 5.58. The fourth-order valence-electron chi connectivity index (χ4n) is 4.01. The van der Waals surface area contributed by atoms with Gasteiger partial charge < -0.3 is 9.88 Å². The molecule has 0 saturated carbocycles. The molecule has 1 saturated heterocycles. The summed E-state index contributed by atoms with van der Waals surface area (Å²) in [6.45, 7) is 6.19. The van der Waals surface area contributed by atoms with Gasteiger partial charge in [0.1, 0.15) is 0 Å². The Morgan fingerprint density at radius 1 is 0.893 bits per heavy atom. The minimum Gasteiger partial charge on any atom is -0.369 e. The van der Waals surface area contributed by atoms with Gasteiger partial charge in [-0.25, -0.2) is 4.79 Å². The van der Waals surface area contributed by atoms with Gasteiger partial charge in [0.05, 0.1) is 11.0 Å². The number of nitrogens with one attached hydrogen (secondary N) is 1. The number of fused-ring (bicyclic) bond motifs is 1. The van der Waals surface area contributed by atoms with E-state index in [1.54, 1.807) is 0 Å². The first-order valence-corrected chi connectivity index (χ1v) is 10.5. The summed E-state index contributed by atoms with van der Waals surface area (Å²) in [7, 11) is 0. The lowest BCUT2D eigenvalue weighted by molar-refractivity contribution is 0.251. The van der Waals surface area contributed by atoms with Crippen LogP contribution in [0.3, 0.4) is 0 Å². The zero-order chi connectivity index (χ0) is 19.3. The molecule has 2 aromatic carbocycles. The van der Waals surface area contributed by atoms with E-state index in [1.165, 1.54) is 12.1 Å². The molecule has 1 aliphatic heterocycles. The van der Waals surface area contributed by atoms with Gasteiger partial charge in [0.25, 0.3) is 0 Å². The topological polar surface area (TPSA) is 44.3 Å². The Kier molecular flexibility index (Phi) is 6.03. The zero-order valence-corrected chi connectivity index (χ0v) is 16.9. The molecule has 2 heterocycles. The smallest absolute Gasteiger partial charge is 0.326 e. The van der Waals surface area contributed by atoms with E-state index in [0.29, 0.717) is 0 Å². The number of para-hydroxylation sites is 2. The van der Waals surface area contributed by atoms with Gasteiger partial charge in [-0.3, -0.25) is 9.47 Å². The average molecular weight is 399 g/mol. The van der Waals surface area contributed by atoms with Gasteiger partial charge in [0.15, 0.2) is 0 Å². The number of hydrogen-bond donors (Lipinski definition) is 1. The monoisotopic (exact) mass is 398 g/mol. The predicted octanol–water partition coefficient (Wildman–Crippen LogP) is 3.98. The molecule has 4 rings (SSSR count). The number of H-pyrrole nitrogens is 1. The van der Waals surface area contributed by atoms with Gasteiger partial charge in [-0.2, -0.15) is 0 Å². The predicted molar refractivity (Wildman–Crippen MR) is 117 cm³/mol. The second kappa shape index (κ2) is 8.84. The number of anilines is 1. The number of rotatable bonds is 7. The maximum atomic E-state index is 12.1. The quantitative estimate of drug-likeness (QED) is 0.612. The standard InChI is InChI=1S/C22H27ClN4O/c23-18-7-6-8-19(17-18)26-15-13-25(14-16-26)11-4-1-5-12-27-21-10-3-2-9-20(21)24-22(27)28/h2-3,6-10,17H,1,4-5,11-16H2,(H,24,28). The molecule has 3 aromatic rings. The third kappa shape index (κ3) is 4.42. The second-order valence-corrected chi connectivity index (χ2v) is 7.90. The molecule has 28 heavy (non-hydrogen) atoms. The molecule has 0 radical (unpaired) electrons. The van der Waals surface area contributed by atoms with Crippen molar-refractivity contribution in [3.8, 4) is 0 Å². The highest BCUT2D eigenvalue weighted by molar-refractivity contribution is 6.30. The van der Waals surface area contributed by atoms with Crippen molar-refractivity contribution in [2.75, 3.05) is 37.6 Å². The van der Waals surface area contributed by atoms with Crippen LogP contribution in [-0.2, 0) is 6.54 Å². The molecule has 1 aliphatic rings. The van der Waals surface area contributed by atoms with Gasteiger partial charge in [-0.15, -0.1) is 0 Å². The normalized spacial score (nSPS) is 15.4. The van der Waals surface area contributed by atoms with E-state index in [2.05, 4.69) is 20.9 Å². The number of halogens is 1. The van der Waals surface area contributed by atoms with Crippen molar-refractivity contribution in [1.29, 1.82) is 0 Å². The van der Waals surface area contributed by atoms with Gasteiger partial charge in [0, 0.05) is 43.4 Å². The molecule has 0 spiro atoms. The summed E-state index contributed by atoms with van der Waals surface area (Å²) in [5.41, 5.74) is 3.14. The number of benzene rings is 2. The molecule has 0 aliphatic carbocycles. The molecule has 1 fully saturated rings. The molecule has 0 unspecified atom stereocenters. The number of aromatic amines is 1. The van der Waals surface area contributed by atoms with Crippen LogP contribution in [-0.4, -0.2) is 47.2 Å². The Bertz CT molecular complexity index is 972. The van der Waals surface area contributed by atoms with E-state index in [9.17, 15) is 4.79 Å². The van der Waals surface area contributed by atoms with Crippen LogP contribution in [0.2, 0.25) is 5.02 Å². The van der Waals surface area contributed by atoms with Crippen LogP contribution in [0.4, 0.5) is 5.69 Å². The summed E-state index contributed by atoms with van der Waals surface area (Å²) in [6, 6.07) is 16.0. The minimum atomic E-state index is -0.00154. The molecule has 1 N–H and O–H groups in total. The van der Waals surface area contributed by atoms with Gasteiger partial charge in [0.2, 0.25) is 0 Å². The Morgan fingerprint density at radius 2 is 1.68 bits per heavy atom. The van der Waals surface area contributed by atoms with E-state index < -0.39 is 0 Å². The molecule has 148 valence electrons. The van der Waals surface area contributed by atoms with Crippen molar-refractivity contribution in [3.05, 3.63) is 64.0 Å². The fourth-order valence-corrected chi connectivity index (χ4v) is 4.20. The molecular weight excluding hydrogens is 372 g/mol. The Balaban J connectivity index is 1.18. The third-order valence-corrected chi connectivity index (χ3v) is 5.82. The maximum absolute atomic E-state index is 12.1. The minimum absolute atomic E-state index is 0.00154. The lowest BCUT2D eigenvalue weighted by Crippen LogP contribution is -2.46. The van der Waals surface area contributed by atoms with Crippen molar-refractivity contribution in [2.24, 2.45) is 0 Å². The highest BCUT2D eigenvalue weighted by Gasteiger charge is 2.16. The Labute approximate surface area is 170 Å². The number of aromatic nitrogens is 2.